The minimum Gasteiger partial charge on any atom is -0.494 e. The Labute approximate surface area is 110 Å². The molecule has 0 amide bonds. The van der Waals surface area contributed by atoms with E-state index in [4.69, 9.17) is 4.74 Å². The average Bonchev–Trinajstić information content (AvgIpc) is 2.37. The second-order valence-electron chi connectivity index (χ2n) is 4.42. The average molecular weight is 268 g/mol. The number of unbranched alkanes of at least 4 members (excludes halogenated alkanes) is 1. The smallest absolute Gasteiger partial charge is 0.416 e. The molecular formula is C15H15F3O. The van der Waals surface area contributed by atoms with Crippen LogP contribution >= 0.6 is 0 Å². The van der Waals surface area contributed by atoms with Crippen molar-refractivity contribution in [2.45, 2.75) is 25.9 Å². The highest BCUT2D eigenvalue weighted by Gasteiger charge is 2.30. The van der Waals surface area contributed by atoms with Crippen molar-refractivity contribution < 1.29 is 17.9 Å². The number of fused-ring (bicyclic) bond motifs is 1. The molecule has 2 aromatic carbocycles. The summed E-state index contributed by atoms with van der Waals surface area (Å²) in [6.45, 7) is 2.70. The van der Waals surface area contributed by atoms with Crippen LogP contribution in [0.15, 0.2) is 36.4 Å². The van der Waals surface area contributed by atoms with Gasteiger partial charge in [-0.2, -0.15) is 13.2 Å². The molecule has 4 heteroatoms. The van der Waals surface area contributed by atoms with Gasteiger partial charge in [-0.05, 0) is 41.5 Å². The van der Waals surface area contributed by atoms with E-state index in [1.54, 1.807) is 18.2 Å². The van der Waals surface area contributed by atoms with Crippen LogP contribution in [0.3, 0.4) is 0 Å². The van der Waals surface area contributed by atoms with E-state index in [9.17, 15) is 13.2 Å². The molecular weight excluding hydrogens is 253 g/mol. The van der Waals surface area contributed by atoms with Gasteiger partial charge in [0.1, 0.15) is 5.75 Å². The van der Waals surface area contributed by atoms with E-state index < -0.39 is 11.7 Å². The Balaban J connectivity index is 2.25. The van der Waals surface area contributed by atoms with Crippen molar-refractivity contribution in [1.82, 2.24) is 0 Å². The third-order valence-corrected chi connectivity index (χ3v) is 2.91. The van der Waals surface area contributed by atoms with E-state index in [2.05, 4.69) is 6.92 Å². The van der Waals surface area contributed by atoms with Crippen molar-refractivity contribution in [3.8, 4) is 5.75 Å². The van der Waals surface area contributed by atoms with Gasteiger partial charge >= 0.3 is 6.18 Å². The maximum atomic E-state index is 12.6. The van der Waals surface area contributed by atoms with Gasteiger partial charge in [-0.1, -0.05) is 25.5 Å². The van der Waals surface area contributed by atoms with Gasteiger partial charge in [0, 0.05) is 0 Å². The molecule has 0 aliphatic rings. The zero-order chi connectivity index (χ0) is 13.9. The van der Waals surface area contributed by atoms with Gasteiger partial charge in [-0.15, -0.1) is 0 Å². The first kappa shape index (κ1) is 13.7. The third-order valence-electron chi connectivity index (χ3n) is 2.91. The molecule has 0 aliphatic carbocycles. The molecule has 0 saturated carbocycles. The molecule has 0 spiro atoms. The van der Waals surface area contributed by atoms with Gasteiger partial charge in [0.25, 0.3) is 0 Å². The number of halogens is 3. The highest BCUT2D eigenvalue weighted by molar-refractivity contribution is 5.84. The number of rotatable bonds is 4. The molecule has 0 N–H and O–H groups in total. The minimum absolute atomic E-state index is 0.567. The summed E-state index contributed by atoms with van der Waals surface area (Å²) in [5.41, 5.74) is -0.625. The van der Waals surface area contributed by atoms with Gasteiger partial charge in [0.2, 0.25) is 0 Å². The van der Waals surface area contributed by atoms with Crippen molar-refractivity contribution in [3.05, 3.63) is 42.0 Å². The first-order chi connectivity index (χ1) is 9.00. The predicted molar refractivity (Wildman–Crippen MR) is 69.4 cm³/mol. The van der Waals surface area contributed by atoms with Crippen LogP contribution in [0.4, 0.5) is 13.2 Å². The zero-order valence-corrected chi connectivity index (χ0v) is 10.6. The minimum atomic E-state index is -4.30. The van der Waals surface area contributed by atoms with E-state index in [1.807, 2.05) is 0 Å². The summed E-state index contributed by atoms with van der Waals surface area (Å²) in [6, 6.07) is 8.86. The fourth-order valence-corrected chi connectivity index (χ4v) is 1.82. The molecule has 0 atom stereocenters. The fourth-order valence-electron chi connectivity index (χ4n) is 1.82. The van der Waals surface area contributed by atoms with Gasteiger partial charge in [-0.25, -0.2) is 0 Å². The van der Waals surface area contributed by atoms with Crippen LogP contribution in [0.1, 0.15) is 25.3 Å². The Kier molecular flexibility index (Phi) is 3.98. The maximum absolute atomic E-state index is 12.6. The van der Waals surface area contributed by atoms with E-state index in [-0.39, 0.29) is 0 Å². The fraction of sp³-hybridized carbons (Fsp3) is 0.333. The Hall–Kier alpha value is -1.71. The molecule has 0 aliphatic heterocycles. The number of benzene rings is 2. The molecule has 0 fully saturated rings. The highest BCUT2D eigenvalue weighted by atomic mass is 19.4. The Morgan fingerprint density at radius 3 is 2.37 bits per heavy atom. The van der Waals surface area contributed by atoms with E-state index >= 15 is 0 Å². The van der Waals surface area contributed by atoms with Crippen molar-refractivity contribution >= 4 is 10.8 Å². The number of hydrogen-bond donors (Lipinski definition) is 0. The summed E-state index contributed by atoms with van der Waals surface area (Å²) in [4.78, 5) is 0. The summed E-state index contributed by atoms with van der Waals surface area (Å²) in [5, 5.41) is 1.32. The van der Waals surface area contributed by atoms with Gasteiger partial charge in [0.05, 0.1) is 12.2 Å². The van der Waals surface area contributed by atoms with E-state index in [1.165, 1.54) is 6.07 Å². The molecule has 2 rings (SSSR count). The first-order valence-electron chi connectivity index (χ1n) is 6.24. The van der Waals surface area contributed by atoms with Crippen molar-refractivity contribution in [1.29, 1.82) is 0 Å². The number of hydrogen-bond acceptors (Lipinski definition) is 1. The summed E-state index contributed by atoms with van der Waals surface area (Å²) in [5.74, 6) is 0.695. The van der Waals surface area contributed by atoms with Crippen LogP contribution in [-0.4, -0.2) is 6.61 Å². The van der Waals surface area contributed by atoms with Crippen molar-refractivity contribution in [3.63, 3.8) is 0 Å². The Morgan fingerprint density at radius 2 is 1.68 bits per heavy atom. The van der Waals surface area contributed by atoms with Gasteiger partial charge in [-0.3, -0.25) is 0 Å². The molecule has 0 aromatic heterocycles. The topological polar surface area (TPSA) is 9.23 Å². The molecule has 0 bridgehead atoms. The summed E-state index contributed by atoms with van der Waals surface area (Å²) in [6.07, 6.45) is -2.29. The molecule has 0 heterocycles. The van der Waals surface area contributed by atoms with Crippen LogP contribution in [0, 0.1) is 0 Å². The molecule has 2 aromatic rings. The lowest BCUT2D eigenvalue weighted by Gasteiger charge is -2.09. The van der Waals surface area contributed by atoms with Crippen molar-refractivity contribution in [2.75, 3.05) is 6.61 Å². The lowest BCUT2D eigenvalue weighted by molar-refractivity contribution is -0.137. The lowest BCUT2D eigenvalue weighted by Crippen LogP contribution is -2.04. The van der Waals surface area contributed by atoms with Gasteiger partial charge in [0.15, 0.2) is 0 Å². The normalized spacial score (nSPS) is 11.8. The van der Waals surface area contributed by atoms with Crippen LogP contribution in [-0.2, 0) is 6.18 Å². The first-order valence-corrected chi connectivity index (χ1v) is 6.24. The van der Waals surface area contributed by atoms with E-state index in [0.717, 1.165) is 30.4 Å². The summed E-state index contributed by atoms with van der Waals surface area (Å²) >= 11 is 0. The van der Waals surface area contributed by atoms with Crippen LogP contribution in [0.2, 0.25) is 0 Å². The standard InChI is InChI=1S/C15H15F3O/c1-2-3-8-19-14-7-5-11-9-13(15(16,17)18)6-4-12(11)10-14/h4-7,9-10H,2-3,8H2,1H3. The van der Waals surface area contributed by atoms with Gasteiger partial charge < -0.3 is 4.74 Å². The molecule has 0 radical (unpaired) electrons. The molecule has 19 heavy (non-hydrogen) atoms. The third kappa shape index (κ3) is 3.40. The molecule has 0 unspecified atom stereocenters. The molecule has 102 valence electrons. The SMILES string of the molecule is CCCCOc1ccc2cc(C(F)(F)F)ccc2c1. The number of alkyl halides is 3. The van der Waals surface area contributed by atoms with Crippen LogP contribution in [0.5, 0.6) is 5.75 Å². The summed E-state index contributed by atoms with van der Waals surface area (Å²) in [7, 11) is 0. The Bertz CT molecular complexity index is 561. The summed E-state index contributed by atoms with van der Waals surface area (Å²) < 4.78 is 43.3. The van der Waals surface area contributed by atoms with Crippen LogP contribution < -0.4 is 4.74 Å². The lowest BCUT2D eigenvalue weighted by atomic mass is 10.1. The largest absolute Gasteiger partial charge is 0.494 e. The highest BCUT2D eigenvalue weighted by Crippen LogP contribution is 2.32. The second-order valence-corrected chi connectivity index (χ2v) is 4.42. The molecule has 0 saturated heterocycles. The predicted octanol–water partition coefficient (Wildman–Crippen LogP) is 5.04. The zero-order valence-electron chi connectivity index (χ0n) is 10.6. The maximum Gasteiger partial charge on any atom is 0.416 e. The van der Waals surface area contributed by atoms with Crippen molar-refractivity contribution in [2.24, 2.45) is 0 Å². The monoisotopic (exact) mass is 268 g/mol. The number of ether oxygens (including phenoxy) is 1. The Morgan fingerprint density at radius 1 is 1.00 bits per heavy atom. The quantitative estimate of drug-likeness (QED) is 0.706. The van der Waals surface area contributed by atoms with E-state index in [0.29, 0.717) is 17.7 Å². The second kappa shape index (κ2) is 5.51. The molecule has 1 nitrogen and oxygen atoms in total. The van der Waals surface area contributed by atoms with Crippen LogP contribution in [0.25, 0.3) is 10.8 Å².